The topological polar surface area (TPSA) is 54.3 Å². The lowest BCUT2D eigenvalue weighted by Gasteiger charge is -2.35. The van der Waals surface area contributed by atoms with Crippen molar-refractivity contribution in [3.05, 3.63) is 108 Å². The van der Waals surface area contributed by atoms with Gasteiger partial charge < -0.3 is 14.4 Å². The van der Waals surface area contributed by atoms with Crippen LogP contribution in [0.1, 0.15) is 15.9 Å². The summed E-state index contributed by atoms with van der Waals surface area (Å²) in [6.07, 6.45) is 3.75. The zero-order valence-corrected chi connectivity index (χ0v) is 21.3. The number of benzene rings is 3. The van der Waals surface area contributed by atoms with Crippen LogP contribution in [0, 0.1) is 6.92 Å². The van der Waals surface area contributed by atoms with Crippen LogP contribution in [-0.2, 0) is 0 Å². The van der Waals surface area contributed by atoms with Crippen LogP contribution in [0.3, 0.4) is 0 Å². The number of anilines is 1. The van der Waals surface area contributed by atoms with Crippen molar-refractivity contribution in [3.63, 3.8) is 0 Å². The third kappa shape index (κ3) is 4.45. The van der Waals surface area contributed by atoms with Crippen LogP contribution >= 0.6 is 11.6 Å². The van der Waals surface area contributed by atoms with E-state index in [-0.39, 0.29) is 5.91 Å². The minimum Gasteiger partial charge on any atom is -0.352 e. The molecule has 0 radical (unpaired) electrons. The second kappa shape index (κ2) is 9.71. The lowest BCUT2D eigenvalue weighted by Crippen LogP contribution is -2.49. The quantitative estimate of drug-likeness (QED) is 0.299. The first-order valence-electron chi connectivity index (χ1n) is 12.4. The molecule has 1 fully saturated rings. The SMILES string of the molecule is Cc1cccc(C(=O)N2CCN(c3ncnc4c3c(-c3ccccc3)cn4-c3ccc(Cl)cc3)CC2)c1. The summed E-state index contributed by atoms with van der Waals surface area (Å²) in [4.78, 5) is 26.8. The second-order valence-electron chi connectivity index (χ2n) is 9.30. The fourth-order valence-electron chi connectivity index (χ4n) is 5.00. The van der Waals surface area contributed by atoms with Crippen LogP contribution < -0.4 is 4.90 Å². The Morgan fingerprint density at radius 2 is 1.62 bits per heavy atom. The van der Waals surface area contributed by atoms with Crippen molar-refractivity contribution in [2.45, 2.75) is 6.92 Å². The molecule has 7 heteroatoms. The van der Waals surface area contributed by atoms with Gasteiger partial charge in [-0.25, -0.2) is 9.97 Å². The maximum Gasteiger partial charge on any atom is 0.253 e. The monoisotopic (exact) mass is 507 g/mol. The van der Waals surface area contributed by atoms with Gasteiger partial charge in [-0.2, -0.15) is 0 Å². The summed E-state index contributed by atoms with van der Waals surface area (Å²) in [5.41, 5.74) is 5.82. The minimum atomic E-state index is 0.0788. The molecule has 0 N–H and O–H groups in total. The first-order valence-corrected chi connectivity index (χ1v) is 12.7. The molecule has 1 saturated heterocycles. The number of carbonyl (C=O) groups excluding carboxylic acids is 1. The van der Waals surface area contributed by atoms with Crippen molar-refractivity contribution in [2.75, 3.05) is 31.1 Å². The molecule has 3 aromatic carbocycles. The van der Waals surface area contributed by atoms with Gasteiger partial charge in [-0.3, -0.25) is 4.79 Å². The van der Waals surface area contributed by atoms with E-state index in [9.17, 15) is 4.79 Å². The molecule has 0 saturated carbocycles. The number of fused-ring (bicyclic) bond motifs is 1. The van der Waals surface area contributed by atoms with Gasteiger partial charge in [-0.05, 0) is 48.9 Å². The molecule has 6 nitrogen and oxygen atoms in total. The molecule has 1 aliphatic heterocycles. The van der Waals surface area contributed by atoms with Crippen LogP contribution in [-0.4, -0.2) is 51.5 Å². The van der Waals surface area contributed by atoms with Crippen molar-refractivity contribution in [1.29, 1.82) is 0 Å². The summed E-state index contributed by atoms with van der Waals surface area (Å²) in [5.74, 6) is 0.967. The molecule has 37 heavy (non-hydrogen) atoms. The number of rotatable bonds is 4. The highest BCUT2D eigenvalue weighted by Gasteiger charge is 2.26. The van der Waals surface area contributed by atoms with Gasteiger partial charge in [0.1, 0.15) is 12.1 Å². The van der Waals surface area contributed by atoms with Crippen molar-refractivity contribution < 1.29 is 4.79 Å². The van der Waals surface area contributed by atoms with Gasteiger partial charge in [0.05, 0.1) is 5.39 Å². The van der Waals surface area contributed by atoms with Crippen molar-refractivity contribution in [2.24, 2.45) is 0 Å². The van der Waals surface area contributed by atoms with Crippen LogP contribution in [0.25, 0.3) is 27.8 Å². The van der Waals surface area contributed by atoms with E-state index >= 15 is 0 Å². The zero-order valence-electron chi connectivity index (χ0n) is 20.5. The zero-order chi connectivity index (χ0) is 25.4. The van der Waals surface area contributed by atoms with Crippen molar-refractivity contribution >= 4 is 34.4 Å². The highest BCUT2D eigenvalue weighted by atomic mass is 35.5. The maximum absolute atomic E-state index is 13.1. The summed E-state index contributed by atoms with van der Waals surface area (Å²) < 4.78 is 2.09. The molecular formula is C30H26ClN5O. The van der Waals surface area contributed by atoms with E-state index in [1.807, 2.05) is 78.6 Å². The van der Waals surface area contributed by atoms with Gasteiger partial charge in [0, 0.05) is 54.2 Å². The van der Waals surface area contributed by atoms with Gasteiger partial charge in [0.2, 0.25) is 0 Å². The Hall–Kier alpha value is -4.16. The third-order valence-electron chi connectivity index (χ3n) is 6.88. The van der Waals surface area contributed by atoms with Gasteiger partial charge in [-0.15, -0.1) is 0 Å². The fourth-order valence-corrected chi connectivity index (χ4v) is 5.13. The Labute approximate surface area is 220 Å². The molecule has 184 valence electrons. The number of amides is 1. The first kappa shape index (κ1) is 23.3. The molecule has 0 spiro atoms. The third-order valence-corrected chi connectivity index (χ3v) is 7.14. The van der Waals surface area contributed by atoms with E-state index < -0.39 is 0 Å². The van der Waals surface area contributed by atoms with Gasteiger partial charge in [0.15, 0.2) is 5.65 Å². The fraction of sp³-hybridized carbons (Fsp3) is 0.167. The van der Waals surface area contributed by atoms with Crippen LogP contribution in [0.5, 0.6) is 0 Å². The highest BCUT2D eigenvalue weighted by Crippen LogP contribution is 2.37. The van der Waals surface area contributed by atoms with E-state index in [0.717, 1.165) is 44.8 Å². The van der Waals surface area contributed by atoms with Crippen molar-refractivity contribution in [3.8, 4) is 16.8 Å². The Morgan fingerprint density at radius 1 is 0.865 bits per heavy atom. The van der Waals surface area contributed by atoms with Crippen LogP contribution in [0.15, 0.2) is 91.4 Å². The summed E-state index contributed by atoms with van der Waals surface area (Å²) >= 11 is 6.16. The number of aromatic nitrogens is 3. The summed E-state index contributed by atoms with van der Waals surface area (Å²) in [6, 6.07) is 25.9. The first-order chi connectivity index (χ1) is 18.1. The number of piperazine rings is 1. The summed E-state index contributed by atoms with van der Waals surface area (Å²) in [6.45, 7) is 4.68. The van der Waals surface area contributed by atoms with E-state index in [4.69, 9.17) is 21.6 Å². The summed E-state index contributed by atoms with van der Waals surface area (Å²) in [7, 11) is 0. The Balaban J connectivity index is 1.37. The molecule has 5 aromatic rings. The molecule has 6 rings (SSSR count). The Morgan fingerprint density at radius 3 is 2.35 bits per heavy atom. The normalized spacial score (nSPS) is 13.8. The molecule has 1 amide bonds. The number of aryl methyl sites for hydroxylation is 1. The van der Waals surface area contributed by atoms with E-state index in [1.165, 1.54) is 0 Å². The van der Waals surface area contributed by atoms with E-state index in [2.05, 4.69) is 27.8 Å². The number of carbonyl (C=O) groups is 1. The maximum atomic E-state index is 13.1. The smallest absolute Gasteiger partial charge is 0.253 e. The molecule has 3 heterocycles. The number of halogens is 1. The van der Waals surface area contributed by atoms with E-state index in [0.29, 0.717) is 31.2 Å². The van der Waals surface area contributed by atoms with Crippen LogP contribution in [0.4, 0.5) is 5.82 Å². The predicted molar refractivity (Wildman–Crippen MR) is 149 cm³/mol. The molecule has 0 aliphatic carbocycles. The number of hydrogen-bond donors (Lipinski definition) is 0. The predicted octanol–water partition coefficient (Wildman–Crippen LogP) is 6.01. The molecule has 0 bridgehead atoms. The molecule has 0 atom stereocenters. The lowest BCUT2D eigenvalue weighted by molar-refractivity contribution is 0.0746. The van der Waals surface area contributed by atoms with Gasteiger partial charge in [0.25, 0.3) is 5.91 Å². The number of nitrogens with zero attached hydrogens (tertiary/aromatic N) is 5. The summed E-state index contributed by atoms with van der Waals surface area (Å²) in [5, 5.41) is 1.69. The van der Waals surface area contributed by atoms with E-state index in [1.54, 1.807) is 6.33 Å². The van der Waals surface area contributed by atoms with Crippen LogP contribution in [0.2, 0.25) is 5.02 Å². The Kier molecular flexibility index (Phi) is 6.10. The molecular weight excluding hydrogens is 482 g/mol. The second-order valence-corrected chi connectivity index (χ2v) is 9.74. The highest BCUT2D eigenvalue weighted by molar-refractivity contribution is 6.30. The standard InChI is InChI=1S/C30H26ClN5O/c1-21-6-5-9-23(18-21)30(37)35-16-14-34(15-17-35)28-27-26(22-7-3-2-4-8-22)19-36(29(27)33-20-32-28)25-12-10-24(31)11-13-25/h2-13,18-20H,14-17H2,1H3. The lowest BCUT2D eigenvalue weighted by atomic mass is 10.1. The largest absolute Gasteiger partial charge is 0.352 e. The van der Waals surface area contributed by atoms with Gasteiger partial charge >= 0.3 is 0 Å². The molecule has 1 aliphatic rings. The average molecular weight is 508 g/mol. The average Bonchev–Trinajstić information content (AvgIpc) is 3.34. The van der Waals surface area contributed by atoms with Crippen molar-refractivity contribution in [1.82, 2.24) is 19.4 Å². The number of hydrogen-bond acceptors (Lipinski definition) is 4. The van der Waals surface area contributed by atoms with Gasteiger partial charge in [-0.1, -0.05) is 59.6 Å². The Bertz CT molecular complexity index is 1570. The molecule has 0 unspecified atom stereocenters. The molecule has 2 aromatic heterocycles. The minimum absolute atomic E-state index is 0.0788.